The van der Waals surface area contributed by atoms with Crippen LogP contribution in [0.5, 0.6) is 5.75 Å². The minimum Gasteiger partial charge on any atom is -0.496 e. The Morgan fingerprint density at radius 2 is 1.66 bits per heavy atom. The van der Waals surface area contributed by atoms with Gasteiger partial charge in [0.1, 0.15) is 5.75 Å². The van der Waals surface area contributed by atoms with Gasteiger partial charge in [-0.25, -0.2) is 0 Å². The van der Waals surface area contributed by atoms with E-state index >= 15 is 0 Å². The largest absolute Gasteiger partial charge is 0.496 e. The van der Waals surface area contributed by atoms with Gasteiger partial charge in [-0.3, -0.25) is 4.79 Å². The van der Waals surface area contributed by atoms with E-state index < -0.39 is 0 Å². The summed E-state index contributed by atoms with van der Waals surface area (Å²) in [6.45, 7) is 14.9. The Kier molecular flexibility index (Phi) is 7.29. The molecule has 2 aromatic rings. The monoisotopic (exact) mass is 393 g/mol. The molecule has 0 saturated carbocycles. The Morgan fingerprint density at radius 1 is 1.03 bits per heavy atom. The van der Waals surface area contributed by atoms with Crippen molar-refractivity contribution in [3.05, 3.63) is 70.3 Å². The normalized spacial score (nSPS) is 13.0. The van der Waals surface area contributed by atoms with Crippen molar-refractivity contribution in [2.45, 2.75) is 65.8 Å². The van der Waals surface area contributed by atoms with Crippen molar-refractivity contribution >= 4 is 12.0 Å². The van der Waals surface area contributed by atoms with E-state index in [1.54, 1.807) is 13.2 Å². The zero-order valence-corrected chi connectivity index (χ0v) is 19.1. The van der Waals surface area contributed by atoms with Crippen LogP contribution in [0.1, 0.15) is 81.3 Å². The van der Waals surface area contributed by atoms with Crippen LogP contribution in [0.25, 0.3) is 6.08 Å². The van der Waals surface area contributed by atoms with E-state index in [0.29, 0.717) is 5.92 Å². The summed E-state index contributed by atoms with van der Waals surface area (Å²) in [6, 6.07) is 12.5. The molecule has 2 aromatic carbocycles. The molecule has 0 radical (unpaired) electrons. The smallest absolute Gasteiger partial charge is 0.244 e. The van der Waals surface area contributed by atoms with Crippen molar-refractivity contribution in [3.8, 4) is 5.75 Å². The van der Waals surface area contributed by atoms with Crippen LogP contribution in [-0.2, 0) is 10.2 Å². The molecule has 0 heterocycles. The molecule has 0 aromatic heterocycles. The first kappa shape index (κ1) is 22.7. The van der Waals surface area contributed by atoms with Crippen LogP contribution in [-0.4, -0.2) is 13.0 Å². The molecule has 0 aliphatic rings. The molecule has 29 heavy (non-hydrogen) atoms. The van der Waals surface area contributed by atoms with E-state index in [0.717, 1.165) is 28.0 Å². The standard InChI is InChI=1S/C26H35NO2/c1-17(2)22-16-23(18(3)15-24(22)29-8)19(4)27-25(28)14-11-20-9-12-21(13-10-20)26(5,6)7/h9-17,19H,1-8H3,(H,27,28)/b14-11+/t19-/m0/s1. The molecule has 0 aliphatic heterocycles. The van der Waals surface area contributed by atoms with E-state index in [4.69, 9.17) is 4.74 Å². The maximum absolute atomic E-state index is 12.5. The van der Waals surface area contributed by atoms with Gasteiger partial charge in [0.2, 0.25) is 5.91 Å². The number of rotatable bonds is 6. The Hall–Kier alpha value is -2.55. The van der Waals surface area contributed by atoms with Crippen LogP contribution in [0, 0.1) is 6.92 Å². The van der Waals surface area contributed by atoms with Crippen LogP contribution in [0.15, 0.2) is 42.5 Å². The first-order valence-corrected chi connectivity index (χ1v) is 10.3. The number of hydrogen-bond acceptors (Lipinski definition) is 2. The maximum atomic E-state index is 12.5. The third kappa shape index (κ3) is 5.96. The average Bonchev–Trinajstić information content (AvgIpc) is 2.65. The summed E-state index contributed by atoms with van der Waals surface area (Å²) in [5, 5.41) is 3.08. The maximum Gasteiger partial charge on any atom is 0.244 e. The average molecular weight is 394 g/mol. The topological polar surface area (TPSA) is 38.3 Å². The third-order valence-corrected chi connectivity index (χ3v) is 5.27. The van der Waals surface area contributed by atoms with Crippen LogP contribution in [0.3, 0.4) is 0 Å². The van der Waals surface area contributed by atoms with Gasteiger partial charge in [-0.1, -0.05) is 58.9 Å². The highest BCUT2D eigenvalue weighted by Crippen LogP contribution is 2.32. The molecule has 0 bridgehead atoms. The molecule has 0 fully saturated rings. The molecule has 0 saturated heterocycles. The molecule has 1 amide bonds. The minimum absolute atomic E-state index is 0.0844. The van der Waals surface area contributed by atoms with Crippen molar-refractivity contribution in [3.63, 3.8) is 0 Å². The molecular weight excluding hydrogens is 358 g/mol. The quantitative estimate of drug-likeness (QED) is 0.584. The fraction of sp³-hybridized carbons (Fsp3) is 0.423. The first-order valence-electron chi connectivity index (χ1n) is 10.3. The van der Waals surface area contributed by atoms with Crippen molar-refractivity contribution in [2.75, 3.05) is 7.11 Å². The van der Waals surface area contributed by atoms with Gasteiger partial charge in [0.05, 0.1) is 13.2 Å². The zero-order valence-electron chi connectivity index (χ0n) is 19.1. The lowest BCUT2D eigenvalue weighted by molar-refractivity contribution is -0.117. The summed E-state index contributed by atoms with van der Waals surface area (Å²) in [5.41, 5.74) is 5.81. The van der Waals surface area contributed by atoms with Crippen LogP contribution >= 0.6 is 0 Å². The molecular formula is C26H35NO2. The van der Waals surface area contributed by atoms with Gasteiger partial charge in [0.15, 0.2) is 0 Å². The molecule has 3 heteroatoms. The van der Waals surface area contributed by atoms with Crippen molar-refractivity contribution in [2.24, 2.45) is 0 Å². The van der Waals surface area contributed by atoms with Gasteiger partial charge in [-0.05, 0) is 71.2 Å². The van der Waals surface area contributed by atoms with Gasteiger partial charge in [0, 0.05) is 6.08 Å². The predicted octanol–water partition coefficient (Wildman–Crippen LogP) is 6.32. The lowest BCUT2D eigenvalue weighted by Crippen LogP contribution is -2.25. The lowest BCUT2D eigenvalue weighted by Gasteiger charge is -2.20. The second-order valence-electron chi connectivity index (χ2n) is 9.04. The fourth-order valence-electron chi connectivity index (χ4n) is 3.42. The second kappa shape index (κ2) is 9.30. The van der Waals surface area contributed by atoms with E-state index in [2.05, 4.69) is 83.3 Å². The molecule has 0 unspecified atom stereocenters. The highest BCUT2D eigenvalue weighted by atomic mass is 16.5. The van der Waals surface area contributed by atoms with Gasteiger partial charge in [0.25, 0.3) is 0 Å². The number of carbonyl (C=O) groups excluding carboxylic acids is 1. The van der Waals surface area contributed by atoms with Crippen molar-refractivity contribution in [1.82, 2.24) is 5.32 Å². The SMILES string of the molecule is COc1cc(C)c([C@H](C)NC(=O)/C=C/c2ccc(C(C)(C)C)cc2)cc1C(C)C. The summed E-state index contributed by atoms with van der Waals surface area (Å²) in [7, 11) is 1.70. The fourth-order valence-corrected chi connectivity index (χ4v) is 3.42. The summed E-state index contributed by atoms with van der Waals surface area (Å²) in [4.78, 5) is 12.5. The number of ether oxygens (including phenoxy) is 1. The van der Waals surface area contributed by atoms with Crippen molar-refractivity contribution in [1.29, 1.82) is 0 Å². The molecule has 0 spiro atoms. The Bertz CT molecular complexity index is 871. The molecule has 1 atom stereocenters. The first-order chi connectivity index (χ1) is 13.5. The van der Waals surface area contributed by atoms with Gasteiger partial charge in [-0.15, -0.1) is 0 Å². The minimum atomic E-state index is -0.0984. The van der Waals surface area contributed by atoms with Crippen molar-refractivity contribution < 1.29 is 9.53 Å². The van der Waals surface area contributed by atoms with E-state index in [-0.39, 0.29) is 17.4 Å². The second-order valence-corrected chi connectivity index (χ2v) is 9.04. The Labute approximate surface area is 176 Å². The van der Waals surface area contributed by atoms with E-state index in [1.807, 2.05) is 13.0 Å². The predicted molar refractivity (Wildman–Crippen MR) is 123 cm³/mol. The van der Waals surface area contributed by atoms with E-state index in [1.165, 1.54) is 5.56 Å². The number of methoxy groups -OCH3 is 1. The summed E-state index contributed by atoms with van der Waals surface area (Å²) < 4.78 is 5.52. The molecule has 2 rings (SSSR count). The third-order valence-electron chi connectivity index (χ3n) is 5.27. The number of hydrogen-bond donors (Lipinski definition) is 1. The number of benzene rings is 2. The van der Waals surface area contributed by atoms with Gasteiger partial charge < -0.3 is 10.1 Å². The van der Waals surface area contributed by atoms with Crippen LogP contribution in [0.2, 0.25) is 0 Å². The number of amides is 1. The summed E-state index contributed by atoms with van der Waals surface area (Å²) in [5.74, 6) is 1.15. The van der Waals surface area contributed by atoms with Gasteiger partial charge in [-0.2, -0.15) is 0 Å². The molecule has 1 N–H and O–H groups in total. The number of nitrogens with one attached hydrogen (secondary N) is 1. The summed E-state index contributed by atoms with van der Waals surface area (Å²) in [6.07, 6.45) is 3.46. The van der Waals surface area contributed by atoms with Gasteiger partial charge >= 0.3 is 0 Å². The van der Waals surface area contributed by atoms with Crippen LogP contribution in [0.4, 0.5) is 0 Å². The number of aryl methyl sites for hydroxylation is 1. The van der Waals surface area contributed by atoms with Crippen LogP contribution < -0.4 is 10.1 Å². The Morgan fingerprint density at radius 3 is 2.17 bits per heavy atom. The summed E-state index contributed by atoms with van der Waals surface area (Å²) >= 11 is 0. The highest BCUT2D eigenvalue weighted by molar-refractivity contribution is 5.92. The zero-order chi connectivity index (χ0) is 21.8. The Balaban J connectivity index is 2.11. The number of carbonyl (C=O) groups is 1. The highest BCUT2D eigenvalue weighted by Gasteiger charge is 2.16. The lowest BCUT2D eigenvalue weighted by atomic mass is 9.87. The molecule has 3 nitrogen and oxygen atoms in total. The molecule has 0 aliphatic carbocycles. The van der Waals surface area contributed by atoms with E-state index in [9.17, 15) is 4.79 Å². The molecule has 156 valence electrons.